The fourth-order valence-electron chi connectivity index (χ4n) is 2.58. The van der Waals surface area contributed by atoms with E-state index in [1.54, 1.807) is 6.08 Å². The van der Waals surface area contributed by atoms with Gasteiger partial charge in [-0.2, -0.15) is 0 Å². The van der Waals surface area contributed by atoms with E-state index in [-0.39, 0.29) is 23.9 Å². The number of ketones is 1. The van der Waals surface area contributed by atoms with Gasteiger partial charge in [0, 0.05) is 18.6 Å². The molecular weight excluding hydrogens is 338 g/mol. The standard InChI is InChI=1S/C18H23NO5Si/c1-23-15-11-13(20)8-9-18(15)12-14(17(22)24-18)19-16(21)7-5-6-10-25(2,3)4/h5-11,14H,12H2,1-4H3,(H,19,21)/b7-5+,10-6+/t14-,18+/m1/s1. The van der Waals surface area contributed by atoms with Gasteiger partial charge in [-0.1, -0.05) is 37.5 Å². The van der Waals surface area contributed by atoms with Crippen molar-refractivity contribution in [3.8, 4) is 0 Å². The van der Waals surface area contributed by atoms with E-state index in [4.69, 9.17) is 9.47 Å². The van der Waals surface area contributed by atoms with Gasteiger partial charge in [-0.05, 0) is 12.2 Å². The molecule has 0 aromatic rings. The quantitative estimate of drug-likeness (QED) is 0.350. The van der Waals surface area contributed by atoms with Crippen LogP contribution in [0.15, 0.2) is 47.9 Å². The number of ether oxygens (including phenoxy) is 2. The molecule has 1 amide bonds. The number of hydrogen-bond donors (Lipinski definition) is 1. The Bertz CT molecular complexity index is 699. The van der Waals surface area contributed by atoms with Crippen LogP contribution in [0.1, 0.15) is 6.42 Å². The molecule has 1 N–H and O–H groups in total. The summed E-state index contributed by atoms with van der Waals surface area (Å²) in [5, 5.41) is 2.63. The molecule has 0 bridgehead atoms. The normalized spacial score (nSPS) is 26.4. The maximum Gasteiger partial charge on any atom is 0.330 e. The zero-order valence-electron chi connectivity index (χ0n) is 14.9. The maximum absolute atomic E-state index is 12.1. The first-order chi connectivity index (χ1) is 11.6. The Morgan fingerprint density at radius 2 is 2.08 bits per heavy atom. The minimum Gasteiger partial charge on any atom is -0.496 e. The van der Waals surface area contributed by atoms with Crippen LogP contribution in [0.4, 0.5) is 0 Å². The third-order valence-corrected chi connectivity index (χ3v) is 4.97. The molecule has 2 aliphatic rings. The summed E-state index contributed by atoms with van der Waals surface area (Å²) < 4.78 is 10.6. The van der Waals surface area contributed by atoms with Crippen LogP contribution in [0.5, 0.6) is 0 Å². The highest BCUT2D eigenvalue weighted by Crippen LogP contribution is 2.37. The molecule has 1 aliphatic heterocycles. The highest BCUT2D eigenvalue weighted by Gasteiger charge is 2.50. The van der Waals surface area contributed by atoms with E-state index in [1.807, 2.05) is 6.08 Å². The molecule has 0 aromatic carbocycles. The molecule has 0 unspecified atom stereocenters. The summed E-state index contributed by atoms with van der Waals surface area (Å²) in [4.78, 5) is 35.6. The summed E-state index contributed by atoms with van der Waals surface area (Å²) in [6, 6.07) is -0.797. The van der Waals surface area contributed by atoms with E-state index in [0.717, 1.165) is 0 Å². The van der Waals surface area contributed by atoms with Gasteiger partial charge in [0.2, 0.25) is 5.91 Å². The van der Waals surface area contributed by atoms with Gasteiger partial charge in [0.1, 0.15) is 11.8 Å². The molecule has 7 heteroatoms. The number of hydrogen-bond acceptors (Lipinski definition) is 5. The lowest BCUT2D eigenvalue weighted by Gasteiger charge is -2.27. The first kappa shape index (κ1) is 18.9. The van der Waals surface area contributed by atoms with Crippen LogP contribution in [-0.2, 0) is 23.9 Å². The second-order valence-electron chi connectivity index (χ2n) is 7.11. The number of esters is 1. The van der Waals surface area contributed by atoms with Gasteiger partial charge in [0.05, 0.1) is 15.2 Å². The van der Waals surface area contributed by atoms with Crippen LogP contribution in [0.3, 0.4) is 0 Å². The highest BCUT2D eigenvalue weighted by molar-refractivity contribution is 6.81. The molecule has 2 atom stereocenters. The summed E-state index contributed by atoms with van der Waals surface area (Å²) in [6.07, 6.45) is 9.19. The van der Waals surface area contributed by atoms with E-state index in [0.29, 0.717) is 0 Å². The van der Waals surface area contributed by atoms with Gasteiger partial charge < -0.3 is 14.8 Å². The van der Waals surface area contributed by atoms with Gasteiger partial charge in [-0.25, -0.2) is 4.79 Å². The summed E-state index contributed by atoms with van der Waals surface area (Å²) in [7, 11) is 0.0969. The van der Waals surface area contributed by atoms with Crippen molar-refractivity contribution in [1.82, 2.24) is 5.32 Å². The lowest BCUT2D eigenvalue weighted by Crippen LogP contribution is -2.38. The van der Waals surface area contributed by atoms with Gasteiger partial charge in [-0.15, -0.1) is 0 Å². The molecule has 134 valence electrons. The number of carbonyl (C=O) groups is 3. The molecule has 0 aromatic heterocycles. The second kappa shape index (κ2) is 7.22. The minimum absolute atomic E-state index is 0.180. The van der Waals surface area contributed by atoms with Crippen molar-refractivity contribution in [2.24, 2.45) is 0 Å². The van der Waals surface area contributed by atoms with Crippen molar-refractivity contribution < 1.29 is 23.9 Å². The van der Waals surface area contributed by atoms with Crippen LogP contribution in [0, 0.1) is 0 Å². The summed E-state index contributed by atoms with van der Waals surface area (Å²) in [5.74, 6) is -0.902. The Balaban J connectivity index is 2.02. The lowest BCUT2D eigenvalue weighted by atomic mass is 9.90. The van der Waals surface area contributed by atoms with Crippen LogP contribution in [0.25, 0.3) is 0 Å². The van der Waals surface area contributed by atoms with Crippen molar-refractivity contribution >= 4 is 25.7 Å². The van der Waals surface area contributed by atoms with Crippen molar-refractivity contribution in [2.45, 2.75) is 37.7 Å². The van der Waals surface area contributed by atoms with Crippen LogP contribution >= 0.6 is 0 Å². The third-order valence-electron chi connectivity index (χ3n) is 3.77. The number of amides is 1. The van der Waals surface area contributed by atoms with E-state index in [1.165, 1.54) is 31.4 Å². The number of rotatable bonds is 5. The second-order valence-corrected chi connectivity index (χ2v) is 12.2. The monoisotopic (exact) mass is 361 g/mol. The Morgan fingerprint density at radius 3 is 2.72 bits per heavy atom. The Hall–Kier alpha value is -2.41. The largest absolute Gasteiger partial charge is 0.496 e. The topological polar surface area (TPSA) is 81.7 Å². The average Bonchev–Trinajstić information content (AvgIpc) is 2.82. The Labute approximate surface area is 148 Å². The van der Waals surface area contributed by atoms with E-state index in [2.05, 4.69) is 30.7 Å². The first-order valence-corrected chi connectivity index (χ1v) is 11.6. The number of nitrogens with one attached hydrogen (secondary N) is 1. The number of carbonyl (C=O) groups excluding carboxylic acids is 3. The molecule has 6 nitrogen and oxygen atoms in total. The molecule has 1 saturated heterocycles. The van der Waals surface area contributed by atoms with Gasteiger partial charge in [0.25, 0.3) is 0 Å². The molecule has 1 fully saturated rings. The average molecular weight is 361 g/mol. The summed E-state index contributed by atoms with van der Waals surface area (Å²) in [5.41, 5.74) is 0.980. The highest BCUT2D eigenvalue weighted by atomic mass is 28.3. The van der Waals surface area contributed by atoms with Crippen LogP contribution < -0.4 is 5.32 Å². The summed E-state index contributed by atoms with van der Waals surface area (Å²) >= 11 is 0. The van der Waals surface area contributed by atoms with Gasteiger partial charge >= 0.3 is 5.97 Å². The molecule has 0 saturated carbocycles. The SMILES string of the molecule is COC1=CC(=O)C=C[C@]12C[C@@H](NC(=O)/C=C/C=C/[Si](C)(C)C)C(=O)O2. The number of allylic oxidation sites excluding steroid dienone is 4. The molecular formula is C18H23NO5Si. The third kappa shape index (κ3) is 4.79. The minimum atomic E-state index is -1.31. The van der Waals surface area contributed by atoms with E-state index in [9.17, 15) is 14.4 Å². The van der Waals surface area contributed by atoms with E-state index < -0.39 is 25.7 Å². The van der Waals surface area contributed by atoms with Crippen molar-refractivity contribution in [3.63, 3.8) is 0 Å². The molecule has 1 spiro atoms. The predicted molar refractivity (Wildman–Crippen MR) is 96.2 cm³/mol. The molecule has 1 heterocycles. The van der Waals surface area contributed by atoms with Gasteiger partial charge in [0.15, 0.2) is 11.4 Å². The Morgan fingerprint density at radius 1 is 1.36 bits per heavy atom. The number of methoxy groups -OCH3 is 1. The lowest BCUT2D eigenvalue weighted by molar-refractivity contribution is -0.147. The van der Waals surface area contributed by atoms with Crippen molar-refractivity contribution in [2.75, 3.05) is 7.11 Å². The summed E-state index contributed by atoms with van der Waals surface area (Å²) in [6.45, 7) is 6.57. The fourth-order valence-corrected chi connectivity index (χ4v) is 3.27. The van der Waals surface area contributed by atoms with Crippen LogP contribution in [-0.4, -0.2) is 44.5 Å². The molecule has 25 heavy (non-hydrogen) atoms. The fraction of sp³-hybridized carbons (Fsp3) is 0.389. The van der Waals surface area contributed by atoms with Crippen molar-refractivity contribution in [1.29, 1.82) is 0 Å². The first-order valence-electron chi connectivity index (χ1n) is 8.04. The Kier molecular flexibility index (Phi) is 5.47. The molecule has 1 aliphatic carbocycles. The predicted octanol–water partition coefficient (Wildman–Crippen LogP) is 1.82. The van der Waals surface area contributed by atoms with Crippen LogP contribution in [0.2, 0.25) is 19.6 Å². The molecule has 0 radical (unpaired) electrons. The smallest absolute Gasteiger partial charge is 0.330 e. The molecule has 2 rings (SSSR count). The zero-order valence-corrected chi connectivity index (χ0v) is 15.9. The maximum atomic E-state index is 12.1. The van der Waals surface area contributed by atoms with E-state index >= 15 is 0 Å². The zero-order chi connectivity index (χ0) is 18.7. The van der Waals surface area contributed by atoms with Crippen molar-refractivity contribution in [3.05, 3.63) is 47.9 Å². The van der Waals surface area contributed by atoms with Gasteiger partial charge in [-0.3, -0.25) is 9.59 Å².